The maximum Gasteiger partial charge on any atom is 0.220 e. The quantitative estimate of drug-likeness (QED) is 0.409. The minimum atomic E-state index is 0.169. The molecule has 0 heterocycles. The summed E-state index contributed by atoms with van der Waals surface area (Å²) in [5, 5.41) is 6.22. The van der Waals surface area contributed by atoms with E-state index in [0.29, 0.717) is 6.42 Å². The first kappa shape index (κ1) is 17.1. The lowest BCUT2D eigenvalue weighted by atomic mass is 10.1. The zero-order valence-electron chi connectivity index (χ0n) is 12.0. The van der Waals surface area contributed by atoms with Gasteiger partial charge in [0.15, 0.2) is 0 Å². The van der Waals surface area contributed by atoms with Crippen molar-refractivity contribution in [3.8, 4) is 0 Å². The summed E-state index contributed by atoms with van der Waals surface area (Å²) in [4.78, 5) is 13.6. The summed E-state index contributed by atoms with van der Waals surface area (Å²) < 4.78 is 0. The molecule has 0 spiro atoms. The van der Waals surface area contributed by atoms with Crippen LogP contribution in [0.4, 0.5) is 0 Å². The summed E-state index contributed by atoms with van der Waals surface area (Å²) in [5.41, 5.74) is 0. The Morgan fingerprint density at radius 1 is 1.17 bits per heavy atom. The molecule has 0 aromatic heterocycles. The topological polar surface area (TPSA) is 44.4 Å². The minimum Gasteiger partial charge on any atom is -0.355 e. The van der Waals surface area contributed by atoms with Gasteiger partial charge in [-0.15, -0.1) is 6.58 Å². The molecule has 0 unspecified atom stereocenters. The van der Waals surface area contributed by atoms with E-state index in [1.165, 1.54) is 0 Å². The minimum absolute atomic E-state index is 0.169. The molecule has 0 aromatic carbocycles. The molecule has 4 nitrogen and oxygen atoms in total. The number of carbonyl (C=O) groups is 1. The van der Waals surface area contributed by atoms with E-state index >= 15 is 0 Å². The van der Waals surface area contributed by atoms with Gasteiger partial charge in [-0.05, 0) is 33.4 Å². The van der Waals surface area contributed by atoms with Crippen LogP contribution in [0.25, 0.3) is 0 Å². The summed E-state index contributed by atoms with van der Waals surface area (Å²) in [6.07, 6.45) is 6.86. The second kappa shape index (κ2) is 12.6. The maximum absolute atomic E-state index is 11.4. The second-order valence-corrected chi connectivity index (χ2v) is 4.79. The Bertz CT molecular complexity index is 217. The van der Waals surface area contributed by atoms with Crippen molar-refractivity contribution in [1.82, 2.24) is 15.5 Å². The number of nitrogens with zero attached hydrogens (tertiary/aromatic N) is 1. The number of hydrogen-bond donors (Lipinski definition) is 2. The Morgan fingerprint density at radius 3 is 2.61 bits per heavy atom. The van der Waals surface area contributed by atoms with Crippen LogP contribution in [0.2, 0.25) is 0 Å². The average Bonchev–Trinajstić information content (AvgIpc) is 2.33. The molecule has 0 bridgehead atoms. The maximum atomic E-state index is 11.4. The molecule has 0 rings (SSSR count). The Morgan fingerprint density at radius 2 is 1.94 bits per heavy atom. The van der Waals surface area contributed by atoms with Gasteiger partial charge in [-0.3, -0.25) is 4.79 Å². The molecule has 0 aliphatic heterocycles. The van der Waals surface area contributed by atoms with Gasteiger partial charge in [0.05, 0.1) is 0 Å². The van der Waals surface area contributed by atoms with Crippen LogP contribution in [-0.2, 0) is 4.79 Å². The van der Waals surface area contributed by atoms with E-state index in [4.69, 9.17) is 0 Å². The van der Waals surface area contributed by atoms with Crippen LogP contribution >= 0.6 is 0 Å². The van der Waals surface area contributed by atoms with Crippen molar-refractivity contribution < 1.29 is 4.79 Å². The van der Waals surface area contributed by atoms with Gasteiger partial charge in [-0.25, -0.2) is 0 Å². The number of allylic oxidation sites excluding steroid dienone is 1. The number of hydrogen-bond acceptors (Lipinski definition) is 3. The van der Waals surface area contributed by atoms with Crippen LogP contribution in [0, 0.1) is 0 Å². The first-order chi connectivity index (χ1) is 8.66. The van der Waals surface area contributed by atoms with Gasteiger partial charge in [-0.1, -0.05) is 12.5 Å². The normalized spacial score (nSPS) is 10.6. The van der Waals surface area contributed by atoms with Crippen LogP contribution in [0.3, 0.4) is 0 Å². The van der Waals surface area contributed by atoms with Gasteiger partial charge in [0.25, 0.3) is 0 Å². The summed E-state index contributed by atoms with van der Waals surface area (Å²) in [7, 11) is 4.10. The lowest BCUT2D eigenvalue weighted by Gasteiger charge is -2.10. The predicted molar refractivity (Wildman–Crippen MR) is 77.7 cm³/mol. The fourth-order valence-corrected chi connectivity index (χ4v) is 1.56. The van der Waals surface area contributed by atoms with E-state index in [9.17, 15) is 4.79 Å². The van der Waals surface area contributed by atoms with E-state index in [0.717, 1.165) is 51.9 Å². The van der Waals surface area contributed by atoms with E-state index < -0.39 is 0 Å². The Labute approximate surface area is 112 Å². The molecule has 0 aromatic rings. The number of nitrogens with one attached hydrogen (secondary N) is 2. The standard InChI is InChI=1S/C14H29N3O/c1-4-5-6-7-8-9-14(18)16-11-10-15-12-13-17(2)3/h4,15H,1,5-13H2,2-3H3,(H,16,18). The van der Waals surface area contributed by atoms with Crippen molar-refractivity contribution in [2.45, 2.75) is 32.1 Å². The molecule has 0 saturated heterocycles. The molecule has 0 atom stereocenters. The Hall–Kier alpha value is -0.870. The molecule has 4 heteroatoms. The first-order valence-electron chi connectivity index (χ1n) is 6.90. The van der Waals surface area contributed by atoms with Crippen molar-refractivity contribution in [1.29, 1.82) is 0 Å². The smallest absolute Gasteiger partial charge is 0.220 e. The van der Waals surface area contributed by atoms with Crippen molar-refractivity contribution in [3.05, 3.63) is 12.7 Å². The molecule has 0 radical (unpaired) electrons. The molecule has 1 amide bonds. The third-order valence-electron chi connectivity index (χ3n) is 2.67. The molecule has 0 aliphatic carbocycles. The van der Waals surface area contributed by atoms with Gasteiger partial charge < -0.3 is 15.5 Å². The number of likely N-dealkylation sites (N-methyl/N-ethyl adjacent to an activating group) is 1. The SMILES string of the molecule is C=CCCCCCC(=O)NCCNCCN(C)C. The highest BCUT2D eigenvalue weighted by Gasteiger charge is 1.99. The molecular weight excluding hydrogens is 226 g/mol. The number of amides is 1. The highest BCUT2D eigenvalue weighted by atomic mass is 16.1. The van der Waals surface area contributed by atoms with E-state index in [1.54, 1.807) is 0 Å². The predicted octanol–water partition coefficient (Wildman–Crippen LogP) is 1.39. The van der Waals surface area contributed by atoms with Gasteiger partial charge in [0.1, 0.15) is 0 Å². The van der Waals surface area contributed by atoms with Gasteiger partial charge in [-0.2, -0.15) is 0 Å². The second-order valence-electron chi connectivity index (χ2n) is 4.79. The Balaban J connectivity index is 3.19. The number of rotatable bonds is 12. The first-order valence-corrected chi connectivity index (χ1v) is 6.90. The van der Waals surface area contributed by atoms with Crippen LogP contribution in [0.15, 0.2) is 12.7 Å². The van der Waals surface area contributed by atoms with Crippen molar-refractivity contribution in [3.63, 3.8) is 0 Å². The van der Waals surface area contributed by atoms with E-state index in [-0.39, 0.29) is 5.91 Å². The van der Waals surface area contributed by atoms with Gasteiger partial charge in [0, 0.05) is 32.6 Å². The monoisotopic (exact) mass is 255 g/mol. The molecule has 0 aliphatic rings. The lowest BCUT2D eigenvalue weighted by molar-refractivity contribution is -0.121. The van der Waals surface area contributed by atoms with Crippen molar-refractivity contribution in [2.24, 2.45) is 0 Å². The van der Waals surface area contributed by atoms with E-state index in [1.807, 2.05) is 6.08 Å². The van der Waals surface area contributed by atoms with Crippen LogP contribution < -0.4 is 10.6 Å². The van der Waals surface area contributed by atoms with Crippen LogP contribution in [-0.4, -0.2) is 51.1 Å². The van der Waals surface area contributed by atoms with Crippen LogP contribution in [0.5, 0.6) is 0 Å². The summed E-state index contributed by atoms with van der Waals surface area (Å²) in [5.74, 6) is 0.169. The summed E-state index contributed by atoms with van der Waals surface area (Å²) in [6, 6.07) is 0. The summed E-state index contributed by atoms with van der Waals surface area (Å²) >= 11 is 0. The highest BCUT2D eigenvalue weighted by Crippen LogP contribution is 2.02. The number of unbranched alkanes of at least 4 members (excludes halogenated alkanes) is 3. The molecular formula is C14H29N3O. The molecule has 2 N–H and O–H groups in total. The highest BCUT2D eigenvalue weighted by molar-refractivity contribution is 5.75. The van der Waals surface area contributed by atoms with Gasteiger partial charge >= 0.3 is 0 Å². The third kappa shape index (κ3) is 13.2. The third-order valence-corrected chi connectivity index (χ3v) is 2.67. The Kier molecular flexibility index (Phi) is 12.0. The molecule has 0 fully saturated rings. The largest absolute Gasteiger partial charge is 0.355 e. The van der Waals surface area contributed by atoms with Crippen LogP contribution in [0.1, 0.15) is 32.1 Å². The molecule has 0 saturated carbocycles. The molecule has 18 heavy (non-hydrogen) atoms. The summed E-state index contributed by atoms with van der Waals surface area (Å²) in [6.45, 7) is 7.23. The fourth-order valence-electron chi connectivity index (χ4n) is 1.56. The lowest BCUT2D eigenvalue weighted by Crippen LogP contribution is -2.34. The van der Waals surface area contributed by atoms with Crippen molar-refractivity contribution >= 4 is 5.91 Å². The fraction of sp³-hybridized carbons (Fsp3) is 0.786. The van der Waals surface area contributed by atoms with Gasteiger partial charge in [0.2, 0.25) is 5.91 Å². The zero-order chi connectivity index (χ0) is 13.6. The van der Waals surface area contributed by atoms with E-state index in [2.05, 4.69) is 36.2 Å². The number of carbonyl (C=O) groups excluding carboxylic acids is 1. The van der Waals surface area contributed by atoms with Crippen molar-refractivity contribution in [2.75, 3.05) is 40.3 Å². The molecule has 106 valence electrons. The zero-order valence-corrected chi connectivity index (χ0v) is 12.0. The average molecular weight is 255 g/mol.